The predicted molar refractivity (Wildman–Crippen MR) is 117 cm³/mol. The zero-order valence-corrected chi connectivity index (χ0v) is 19.3. The van der Waals surface area contributed by atoms with Gasteiger partial charge in [0.25, 0.3) is 0 Å². The van der Waals surface area contributed by atoms with Gasteiger partial charge in [0, 0.05) is 51.7 Å². The summed E-state index contributed by atoms with van der Waals surface area (Å²) in [7, 11) is 1.80. The summed E-state index contributed by atoms with van der Waals surface area (Å²) in [5.41, 5.74) is 0.149. The Labute approximate surface area is 175 Å². The minimum Gasteiger partial charge on any atom is -0.377 e. The standard InChI is InChI=1S/C19H36N4O2.HI/c1-6-16(24)23-10-9-15(13-23)22-18(20-5)21-12-14-8-7-11-25-17(14)19(2,3)4;/h14-15,17H,6-13H2,1-5H3,(H2,20,21,22);1H. The minimum atomic E-state index is 0. The average Bonchev–Trinajstić information content (AvgIpc) is 3.05. The van der Waals surface area contributed by atoms with E-state index in [1.165, 1.54) is 6.42 Å². The number of aliphatic imine (C=N–C) groups is 1. The van der Waals surface area contributed by atoms with Crippen LogP contribution in [0.5, 0.6) is 0 Å². The fourth-order valence-corrected chi connectivity index (χ4v) is 3.95. The molecule has 0 radical (unpaired) electrons. The van der Waals surface area contributed by atoms with Crippen molar-refractivity contribution < 1.29 is 9.53 Å². The van der Waals surface area contributed by atoms with Gasteiger partial charge in [0.05, 0.1) is 6.10 Å². The fraction of sp³-hybridized carbons (Fsp3) is 0.895. The molecule has 2 aliphatic rings. The normalized spacial score (nSPS) is 27.0. The Balaban J connectivity index is 0.00000338. The molecule has 7 heteroatoms. The summed E-state index contributed by atoms with van der Waals surface area (Å²) >= 11 is 0. The van der Waals surface area contributed by atoms with Gasteiger partial charge < -0.3 is 20.3 Å². The number of hydrogen-bond acceptors (Lipinski definition) is 3. The second kappa shape index (κ2) is 10.7. The SMILES string of the molecule is CCC(=O)N1CCC(NC(=NC)NCC2CCCOC2C(C)(C)C)C1.I. The van der Waals surface area contributed by atoms with Crippen molar-refractivity contribution in [3.63, 3.8) is 0 Å². The molecule has 0 aliphatic carbocycles. The van der Waals surface area contributed by atoms with E-state index < -0.39 is 0 Å². The molecule has 2 aliphatic heterocycles. The third-order valence-electron chi connectivity index (χ3n) is 5.24. The number of hydrogen-bond donors (Lipinski definition) is 2. The quantitative estimate of drug-likeness (QED) is 0.369. The molecule has 0 bridgehead atoms. The summed E-state index contributed by atoms with van der Waals surface area (Å²) in [4.78, 5) is 18.1. The lowest BCUT2D eigenvalue weighted by atomic mass is 9.78. The van der Waals surface area contributed by atoms with Gasteiger partial charge in [0.15, 0.2) is 5.96 Å². The van der Waals surface area contributed by atoms with Crippen molar-refractivity contribution in [2.24, 2.45) is 16.3 Å². The lowest BCUT2D eigenvalue weighted by Crippen LogP contribution is -2.49. The predicted octanol–water partition coefficient (Wildman–Crippen LogP) is 2.62. The second-order valence-corrected chi connectivity index (χ2v) is 8.34. The van der Waals surface area contributed by atoms with E-state index in [0.29, 0.717) is 12.3 Å². The van der Waals surface area contributed by atoms with Crippen LogP contribution in [-0.2, 0) is 9.53 Å². The second-order valence-electron chi connectivity index (χ2n) is 8.34. The minimum absolute atomic E-state index is 0. The van der Waals surface area contributed by atoms with Crippen LogP contribution in [0.1, 0.15) is 53.4 Å². The van der Waals surface area contributed by atoms with Gasteiger partial charge in [-0.2, -0.15) is 0 Å². The number of guanidine groups is 1. The monoisotopic (exact) mass is 480 g/mol. The first-order valence-corrected chi connectivity index (χ1v) is 9.71. The Hall–Kier alpha value is -0.570. The molecule has 0 aromatic rings. The third-order valence-corrected chi connectivity index (χ3v) is 5.24. The molecular weight excluding hydrogens is 443 g/mol. The molecule has 0 saturated carbocycles. The van der Waals surface area contributed by atoms with Gasteiger partial charge >= 0.3 is 0 Å². The van der Waals surface area contributed by atoms with Crippen LogP contribution in [0.2, 0.25) is 0 Å². The van der Waals surface area contributed by atoms with Gasteiger partial charge in [-0.15, -0.1) is 24.0 Å². The summed E-state index contributed by atoms with van der Waals surface area (Å²) in [6, 6.07) is 0.280. The van der Waals surface area contributed by atoms with Gasteiger partial charge in [-0.05, 0) is 24.7 Å². The molecular formula is C19H37IN4O2. The number of nitrogens with zero attached hydrogens (tertiary/aromatic N) is 2. The van der Waals surface area contributed by atoms with Crippen LogP contribution in [0.3, 0.4) is 0 Å². The van der Waals surface area contributed by atoms with Gasteiger partial charge in [0.2, 0.25) is 5.91 Å². The number of nitrogens with one attached hydrogen (secondary N) is 2. The zero-order valence-electron chi connectivity index (χ0n) is 17.0. The van der Waals surface area contributed by atoms with Crippen LogP contribution in [0, 0.1) is 11.3 Å². The maximum atomic E-state index is 11.8. The molecule has 0 aromatic heterocycles. The van der Waals surface area contributed by atoms with Crippen molar-refractivity contribution in [2.75, 3.05) is 33.3 Å². The van der Waals surface area contributed by atoms with Crippen molar-refractivity contribution in [2.45, 2.75) is 65.5 Å². The van der Waals surface area contributed by atoms with E-state index in [9.17, 15) is 4.79 Å². The fourth-order valence-electron chi connectivity index (χ4n) is 3.95. The van der Waals surface area contributed by atoms with E-state index in [-0.39, 0.29) is 47.4 Å². The summed E-state index contributed by atoms with van der Waals surface area (Å²) in [6.45, 7) is 12.0. The number of rotatable bonds is 4. The maximum absolute atomic E-state index is 11.8. The number of likely N-dealkylation sites (tertiary alicyclic amines) is 1. The molecule has 2 saturated heterocycles. The van der Waals surface area contributed by atoms with E-state index in [2.05, 4.69) is 36.4 Å². The van der Waals surface area contributed by atoms with E-state index >= 15 is 0 Å². The number of carbonyl (C=O) groups excluding carboxylic acids is 1. The van der Waals surface area contributed by atoms with E-state index in [1.54, 1.807) is 7.05 Å². The Morgan fingerprint density at radius 3 is 2.65 bits per heavy atom. The first kappa shape index (κ1) is 23.5. The summed E-state index contributed by atoms with van der Waals surface area (Å²) in [5, 5.41) is 6.95. The van der Waals surface area contributed by atoms with Gasteiger partial charge in [-0.1, -0.05) is 27.7 Å². The van der Waals surface area contributed by atoms with E-state index in [1.807, 2.05) is 11.8 Å². The largest absolute Gasteiger partial charge is 0.377 e. The van der Waals surface area contributed by atoms with Crippen molar-refractivity contribution in [3.8, 4) is 0 Å². The maximum Gasteiger partial charge on any atom is 0.222 e. The first-order valence-electron chi connectivity index (χ1n) is 9.71. The number of halogens is 1. The zero-order chi connectivity index (χ0) is 18.4. The van der Waals surface area contributed by atoms with Gasteiger partial charge in [-0.3, -0.25) is 9.79 Å². The smallest absolute Gasteiger partial charge is 0.222 e. The Bertz CT molecular complexity index is 479. The van der Waals surface area contributed by atoms with Crippen LogP contribution < -0.4 is 10.6 Å². The molecule has 1 amide bonds. The van der Waals surface area contributed by atoms with Crippen LogP contribution in [0.4, 0.5) is 0 Å². The number of carbonyl (C=O) groups is 1. The van der Waals surface area contributed by atoms with E-state index in [0.717, 1.165) is 45.0 Å². The highest BCUT2D eigenvalue weighted by atomic mass is 127. The first-order chi connectivity index (χ1) is 11.8. The highest BCUT2D eigenvalue weighted by Gasteiger charge is 2.35. The molecule has 0 spiro atoms. The summed E-state index contributed by atoms with van der Waals surface area (Å²) < 4.78 is 6.06. The highest BCUT2D eigenvalue weighted by Crippen LogP contribution is 2.33. The Morgan fingerprint density at radius 2 is 2.04 bits per heavy atom. The van der Waals surface area contributed by atoms with Gasteiger partial charge in [-0.25, -0.2) is 0 Å². The van der Waals surface area contributed by atoms with Crippen LogP contribution in [0.25, 0.3) is 0 Å². The Morgan fingerprint density at radius 1 is 1.31 bits per heavy atom. The van der Waals surface area contributed by atoms with Crippen molar-refractivity contribution in [1.82, 2.24) is 15.5 Å². The molecule has 3 atom stereocenters. The van der Waals surface area contributed by atoms with Gasteiger partial charge in [0.1, 0.15) is 0 Å². The Kier molecular flexibility index (Phi) is 9.64. The van der Waals surface area contributed by atoms with Crippen molar-refractivity contribution >= 4 is 35.8 Å². The lowest BCUT2D eigenvalue weighted by molar-refractivity contribution is -0.129. The summed E-state index contributed by atoms with van der Waals surface area (Å²) in [6.07, 6.45) is 4.14. The van der Waals surface area contributed by atoms with Crippen LogP contribution in [-0.4, -0.2) is 62.2 Å². The molecule has 2 fully saturated rings. The lowest BCUT2D eigenvalue weighted by Gasteiger charge is -2.40. The molecule has 2 N–H and O–H groups in total. The van der Waals surface area contributed by atoms with Crippen LogP contribution >= 0.6 is 24.0 Å². The molecule has 2 heterocycles. The summed E-state index contributed by atoms with van der Waals surface area (Å²) in [5.74, 6) is 1.56. The van der Waals surface area contributed by atoms with E-state index in [4.69, 9.17) is 4.74 Å². The van der Waals surface area contributed by atoms with Crippen molar-refractivity contribution in [1.29, 1.82) is 0 Å². The number of ether oxygens (including phenoxy) is 1. The molecule has 26 heavy (non-hydrogen) atoms. The molecule has 2 rings (SSSR count). The van der Waals surface area contributed by atoms with Crippen molar-refractivity contribution in [3.05, 3.63) is 0 Å². The molecule has 6 nitrogen and oxygen atoms in total. The molecule has 0 aromatic carbocycles. The van der Waals surface area contributed by atoms with Crippen LogP contribution in [0.15, 0.2) is 4.99 Å². The molecule has 152 valence electrons. The average molecular weight is 480 g/mol. The number of amides is 1. The third kappa shape index (κ3) is 6.55. The highest BCUT2D eigenvalue weighted by molar-refractivity contribution is 14.0. The molecule has 3 unspecified atom stereocenters. The topological polar surface area (TPSA) is 66.0 Å².